The highest BCUT2D eigenvalue weighted by atomic mass is 35.5. The highest BCUT2D eigenvalue weighted by Crippen LogP contribution is 2.49. The molecule has 140 valence electrons. The van der Waals surface area contributed by atoms with Crippen molar-refractivity contribution < 1.29 is 9.59 Å². The minimum atomic E-state index is -0.335. The molecule has 0 unspecified atom stereocenters. The van der Waals surface area contributed by atoms with Gasteiger partial charge in [-0.25, -0.2) is 0 Å². The summed E-state index contributed by atoms with van der Waals surface area (Å²) in [5.74, 6) is 0.479. The van der Waals surface area contributed by atoms with E-state index < -0.39 is 0 Å². The number of likely N-dealkylation sites (tertiary alicyclic amines) is 1. The molecule has 2 amide bonds. The van der Waals surface area contributed by atoms with Gasteiger partial charge in [-0.05, 0) is 43.4 Å². The topological polar surface area (TPSA) is 43.9 Å². The van der Waals surface area contributed by atoms with E-state index in [1.807, 2.05) is 34.1 Å². The van der Waals surface area contributed by atoms with Crippen LogP contribution in [0, 0.1) is 0 Å². The third kappa shape index (κ3) is 3.47. The number of carbonyl (C=O) groups excluding carboxylic acids is 2. The van der Waals surface area contributed by atoms with Crippen molar-refractivity contribution >= 4 is 23.4 Å². The molecule has 4 rings (SSSR count). The Bertz CT molecular complexity index is 673. The summed E-state index contributed by atoms with van der Waals surface area (Å²) in [5.41, 5.74) is 0.747. The van der Waals surface area contributed by atoms with Crippen molar-refractivity contribution in [2.24, 2.45) is 0 Å². The van der Waals surface area contributed by atoms with Gasteiger partial charge in [-0.2, -0.15) is 0 Å². The number of benzene rings is 1. The van der Waals surface area contributed by atoms with Crippen LogP contribution in [-0.4, -0.2) is 72.3 Å². The molecule has 2 saturated heterocycles. The fraction of sp³-hybridized carbons (Fsp3) is 0.600. The number of piperazine rings is 1. The van der Waals surface area contributed by atoms with Crippen molar-refractivity contribution in [1.82, 2.24) is 14.7 Å². The number of halogens is 1. The molecule has 1 aromatic carbocycles. The predicted octanol–water partition coefficient (Wildman–Crippen LogP) is 2.14. The highest BCUT2D eigenvalue weighted by Gasteiger charge is 2.53. The Morgan fingerprint density at radius 1 is 0.885 bits per heavy atom. The standard InChI is InChI=1S/C20H26ClN3O2/c21-17-5-3-16(4-6-17)20(7-8-20)19(26)24-13-11-22(12-14-24)15-18(25)23-9-1-2-10-23/h3-6H,1-2,7-15H2. The molecule has 0 N–H and O–H groups in total. The van der Waals surface area contributed by atoms with Crippen molar-refractivity contribution in [2.75, 3.05) is 45.8 Å². The first-order valence-electron chi connectivity index (χ1n) is 9.64. The van der Waals surface area contributed by atoms with Crippen molar-refractivity contribution in [1.29, 1.82) is 0 Å². The third-order valence-electron chi connectivity index (χ3n) is 6.03. The lowest BCUT2D eigenvalue weighted by molar-refractivity contribution is -0.136. The first kappa shape index (κ1) is 17.8. The Morgan fingerprint density at radius 3 is 2.08 bits per heavy atom. The molecule has 0 bridgehead atoms. The highest BCUT2D eigenvalue weighted by molar-refractivity contribution is 6.30. The number of amides is 2. The molecule has 3 fully saturated rings. The smallest absolute Gasteiger partial charge is 0.236 e. The number of hydrogen-bond acceptors (Lipinski definition) is 3. The monoisotopic (exact) mass is 375 g/mol. The van der Waals surface area contributed by atoms with Gasteiger partial charge in [0.15, 0.2) is 0 Å². The summed E-state index contributed by atoms with van der Waals surface area (Å²) in [6, 6.07) is 7.70. The van der Waals surface area contributed by atoms with Crippen molar-refractivity contribution in [3.63, 3.8) is 0 Å². The molecular weight excluding hydrogens is 350 g/mol. The van der Waals surface area contributed by atoms with Crippen LogP contribution >= 0.6 is 11.6 Å². The summed E-state index contributed by atoms with van der Waals surface area (Å²) < 4.78 is 0. The van der Waals surface area contributed by atoms with Crippen LogP contribution in [0.1, 0.15) is 31.2 Å². The van der Waals surface area contributed by atoms with Crippen molar-refractivity contribution in [3.05, 3.63) is 34.9 Å². The first-order valence-corrected chi connectivity index (χ1v) is 10.0. The second kappa shape index (κ2) is 7.20. The maximum absolute atomic E-state index is 13.1. The Morgan fingerprint density at radius 2 is 1.50 bits per heavy atom. The van der Waals surface area contributed by atoms with E-state index in [-0.39, 0.29) is 17.2 Å². The Kier molecular flexibility index (Phi) is 4.93. The van der Waals surface area contributed by atoms with E-state index in [1.54, 1.807) is 0 Å². The van der Waals surface area contributed by atoms with Gasteiger partial charge in [-0.15, -0.1) is 0 Å². The van der Waals surface area contributed by atoms with Gasteiger partial charge in [-0.1, -0.05) is 23.7 Å². The lowest BCUT2D eigenvalue weighted by atomic mass is 9.94. The molecule has 0 atom stereocenters. The van der Waals surface area contributed by atoms with E-state index in [4.69, 9.17) is 11.6 Å². The van der Waals surface area contributed by atoms with E-state index >= 15 is 0 Å². The molecule has 2 heterocycles. The normalized spacial score (nSPS) is 22.5. The average Bonchev–Trinajstić information content (AvgIpc) is 3.27. The number of hydrogen-bond donors (Lipinski definition) is 0. The number of carbonyl (C=O) groups is 2. The molecule has 0 radical (unpaired) electrons. The second-order valence-corrected chi connectivity index (χ2v) is 8.18. The molecule has 1 aliphatic carbocycles. The van der Waals surface area contributed by atoms with Crippen LogP contribution in [0.2, 0.25) is 5.02 Å². The molecule has 5 nitrogen and oxygen atoms in total. The lowest BCUT2D eigenvalue weighted by Crippen LogP contribution is -2.53. The average molecular weight is 376 g/mol. The van der Waals surface area contributed by atoms with E-state index in [0.717, 1.165) is 57.4 Å². The minimum absolute atomic E-state index is 0.238. The molecule has 1 aromatic rings. The second-order valence-electron chi connectivity index (χ2n) is 7.75. The van der Waals surface area contributed by atoms with E-state index in [1.165, 1.54) is 0 Å². The molecule has 2 aliphatic heterocycles. The SMILES string of the molecule is O=C(CN1CCN(C(=O)C2(c3ccc(Cl)cc3)CC2)CC1)N1CCCC1. The van der Waals surface area contributed by atoms with Gasteiger partial charge in [0.1, 0.15) is 0 Å². The van der Waals surface area contributed by atoms with Crippen LogP contribution in [0.5, 0.6) is 0 Å². The zero-order valence-electron chi connectivity index (χ0n) is 15.1. The molecule has 6 heteroatoms. The summed E-state index contributed by atoms with van der Waals surface area (Å²) >= 11 is 5.98. The van der Waals surface area contributed by atoms with E-state index in [2.05, 4.69) is 4.90 Å². The molecule has 0 spiro atoms. The summed E-state index contributed by atoms with van der Waals surface area (Å²) in [7, 11) is 0. The summed E-state index contributed by atoms with van der Waals surface area (Å²) in [5, 5.41) is 0.702. The minimum Gasteiger partial charge on any atom is -0.342 e. The van der Waals surface area contributed by atoms with Crippen LogP contribution in [-0.2, 0) is 15.0 Å². The zero-order chi connectivity index (χ0) is 18.1. The van der Waals surface area contributed by atoms with Crippen molar-refractivity contribution in [3.8, 4) is 0 Å². The van der Waals surface area contributed by atoms with Gasteiger partial charge < -0.3 is 9.80 Å². The van der Waals surface area contributed by atoms with E-state index in [0.29, 0.717) is 24.7 Å². The van der Waals surface area contributed by atoms with Gasteiger partial charge in [-0.3, -0.25) is 14.5 Å². The quantitative estimate of drug-likeness (QED) is 0.809. The first-order chi connectivity index (χ1) is 12.6. The number of nitrogens with zero attached hydrogens (tertiary/aromatic N) is 3. The maximum atomic E-state index is 13.1. The van der Waals surface area contributed by atoms with Crippen molar-refractivity contribution in [2.45, 2.75) is 31.1 Å². The lowest BCUT2D eigenvalue weighted by Gasteiger charge is -2.37. The number of rotatable bonds is 4. The Hall–Kier alpha value is -1.59. The zero-order valence-corrected chi connectivity index (χ0v) is 15.9. The molecule has 0 aromatic heterocycles. The van der Waals surface area contributed by atoms with Gasteiger partial charge >= 0.3 is 0 Å². The van der Waals surface area contributed by atoms with Crippen LogP contribution in [0.25, 0.3) is 0 Å². The Labute approximate surface area is 159 Å². The fourth-order valence-electron chi connectivity index (χ4n) is 4.19. The third-order valence-corrected chi connectivity index (χ3v) is 6.29. The largest absolute Gasteiger partial charge is 0.342 e. The van der Waals surface area contributed by atoms with Gasteiger partial charge in [0, 0.05) is 44.3 Å². The summed E-state index contributed by atoms with van der Waals surface area (Å²) in [6.45, 7) is 5.28. The maximum Gasteiger partial charge on any atom is 0.236 e. The van der Waals surface area contributed by atoms with Crippen LogP contribution in [0.3, 0.4) is 0 Å². The van der Waals surface area contributed by atoms with Crippen LogP contribution < -0.4 is 0 Å². The van der Waals surface area contributed by atoms with E-state index in [9.17, 15) is 9.59 Å². The van der Waals surface area contributed by atoms with Crippen LogP contribution in [0.15, 0.2) is 24.3 Å². The van der Waals surface area contributed by atoms with Gasteiger partial charge in [0.2, 0.25) is 11.8 Å². The summed E-state index contributed by atoms with van der Waals surface area (Å²) in [6.07, 6.45) is 4.09. The predicted molar refractivity (Wildman–Crippen MR) is 101 cm³/mol. The molecule has 26 heavy (non-hydrogen) atoms. The Balaban J connectivity index is 1.32. The van der Waals surface area contributed by atoms with Gasteiger partial charge in [0.25, 0.3) is 0 Å². The molecular formula is C20H26ClN3O2. The fourth-order valence-corrected chi connectivity index (χ4v) is 4.32. The van der Waals surface area contributed by atoms with Gasteiger partial charge in [0.05, 0.1) is 12.0 Å². The van der Waals surface area contributed by atoms with Crippen LogP contribution in [0.4, 0.5) is 0 Å². The summed E-state index contributed by atoms with van der Waals surface area (Å²) in [4.78, 5) is 31.5. The molecule has 3 aliphatic rings. The molecule has 1 saturated carbocycles.